The summed E-state index contributed by atoms with van der Waals surface area (Å²) >= 11 is 1.41. The van der Waals surface area contributed by atoms with Crippen molar-refractivity contribution in [1.29, 1.82) is 0 Å². The van der Waals surface area contributed by atoms with Crippen LogP contribution in [0.4, 0.5) is 11.4 Å². The van der Waals surface area contributed by atoms with Gasteiger partial charge in [-0.1, -0.05) is 12.1 Å². The molecule has 0 saturated heterocycles. The Labute approximate surface area is 155 Å². The molecule has 7 heteroatoms. The maximum atomic E-state index is 12.4. The number of nitrogens with one attached hydrogen (secondary N) is 2. The summed E-state index contributed by atoms with van der Waals surface area (Å²) in [6.07, 6.45) is 0.0881. The summed E-state index contributed by atoms with van der Waals surface area (Å²) in [7, 11) is 0. The Morgan fingerprint density at radius 3 is 2.81 bits per heavy atom. The molecule has 2 N–H and O–H groups in total. The number of hydrogen-bond acceptors (Lipinski definition) is 5. The Balaban J connectivity index is 1.42. The normalized spacial score (nSPS) is 19.5. The Hall–Kier alpha value is -2.67. The molecule has 0 spiro atoms. The van der Waals surface area contributed by atoms with E-state index in [4.69, 9.17) is 9.47 Å². The van der Waals surface area contributed by atoms with Crippen LogP contribution in [0.1, 0.15) is 20.3 Å². The first-order valence-corrected chi connectivity index (χ1v) is 9.16. The lowest BCUT2D eigenvalue weighted by molar-refractivity contribution is -0.120. The molecule has 2 amide bonds. The predicted octanol–water partition coefficient (Wildman–Crippen LogP) is 3.64. The summed E-state index contributed by atoms with van der Waals surface area (Å²) in [5.41, 5.74) is 1.40. The van der Waals surface area contributed by atoms with Crippen LogP contribution in [0.25, 0.3) is 0 Å². The summed E-state index contributed by atoms with van der Waals surface area (Å²) in [4.78, 5) is 25.6. The zero-order valence-corrected chi connectivity index (χ0v) is 15.2. The molecule has 0 aromatic heterocycles. The third-order valence-electron chi connectivity index (χ3n) is 4.02. The first-order chi connectivity index (χ1) is 12.4. The molecule has 2 aromatic carbocycles. The highest BCUT2D eigenvalue weighted by atomic mass is 32.2. The van der Waals surface area contributed by atoms with Gasteiger partial charge in [-0.3, -0.25) is 9.59 Å². The van der Waals surface area contributed by atoms with Crippen LogP contribution in [-0.2, 0) is 9.59 Å². The van der Waals surface area contributed by atoms with Crippen LogP contribution in [-0.4, -0.2) is 22.9 Å². The van der Waals surface area contributed by atoms with Gasteiger partial charge < -0.3 is 20.1 Å². The van der Waals surface area contributed by atoms with Crippen molar-refractivity contribution in [1.82, 2.24) is 0 Å². The third kappa shape index (κ3) is 3.35. The average molecular weight is 370 g/mol. The van der Waals surface area contributed by atoms with E-state index in [0.717, 1.165) is 10.6 Å². The van der Waals surface area contributed by atoms with E-state index in [-0.39, 0.29) is 18.2 Å². The van der Waals surface area contributed by atoms with Crippen LogP contribution < -0.4 is 20.1 Å². The first kappa shape index (κ1) is 16.8. The molecule has 1 atom stereocenters. The fourth-order valence-corrected chi connectivity index (χ4v) is 4.02. The van der Waals surface area contributed by atoms with Crippen molar-refractivity contribution in [2.24, 2.45) is 0 Å². The van der Waals surface area contributed by atoms with Crippen molar-refractivity contribution in [3.05, 3.63) is 42.5 Å². The highest BCUT2D eigenvalue weighted by Crippen LogP contribution is 2.41. The van der Waals surface area contributed by atoms with Gasteiger partial charge in [0.25, 0.3) is 0 Å². The van der Waals surface area contributed by atoms with E-state index >= 15 is 0 Å². The largest absolute Gasteiger partial charge is 0.449 e. The summed E-state index contributed by atoms with van der Waals surface area (Å²) in [5.74, 6) is 0.139. The Kier molecular flexibility index (Phi) is 4.03. The minimum Gasteiger partial charge on any atom is -0.449 e. The first-order valence-electron chi connectivity index (χ1n) is 8.28. The number of ether oxygens (including phenoxy) is 2. The van der Waals surface area contributed by atoms with Crippen molar-refractivity contribution in [3.63, 3.8) is 0 Å². The molecule has 26 heavy (non-hydrogen) atoms. The van der Waals surface area contributed by atoms with Gasteiger partial charge in [-0.2, -0.15) is 0 Å². The van der Waals surface area contributed by atoms with Crippen molar-refractivity contribution in [2.45, 2.75) is 36.2 Å². The second-order valence-corrected chi connectivity index (χ2v) is 7.85. The van der Waals surface area contributed by atoms with E-state index in [1.807, 2.05) is 38.1 Å². The van der Waals surface area contributed by atoms with Gasteiger partial charge in [0.1, 0.15) is 0 Å². The minimum atomic E-state index is -0.713. The van der Waals surface area contributed by atoms with Gasteiger partial charge >= 0.3 is 0 Å². The molecular weight excluding hydrogens is 352 g/mol. The minimum absolute atomic E-state index is 0.0881. The number of carbonyl (C=O) groups excluding carboxylic acids is 2. The van der Waals surface area contributed by atoms with E-state index in [1.165, 1.54) is 11.8 Å². The number of benzene rings is 2. The van der Waals surface area contributed by atoms with Crippen molar-refractivity contribution in [2.75, 3.05) is 10.6 Å². The number of fused-ring (bicyclic) bond motifs is 2. The van der Waals surface area contributed by atoms with E-state index < -0.39 is 11.0 Å². The molecule has 0 saturated carbocycles. The molecule has 0 aliphatic carbocycles. The third-order valence-corrected chi connectivity index (χ3v) is 5.29. The lowest BCUT2D eigenvalue weighted by Gasteiger charge is -2.23. The van der Waals surface area contributed by atoms with Crippen LogP contribution in [0.5, 0.6) is 11.5 Å². The molecule has 0 radical (unpaired) electrons. The number of amides is 2. The number of anilines is 2. The molecular formula is C19H18N2O4S. The quantitative estimate of drug-likeness (QED) is 0.863. The number of para-hydroxylation sites is 1. The maximum absolute atomic E-state index is 12.4. The summed E-state index contributed by atoms with van der Waals surface area (Å²) in [5, 5.41) is 5.21. The van der Waals surface area contributed by atoms with Crippen LogP contribution in [0.2, 0.25) is 0 Å². The molecule has 2 heterocycles. The van der Waals surface area contributed by atoms with Crippen LogP contribution in [0.3, 0.4) is 0 Å². The topological polar surface area (TPSA) is 76.7 Å². The van der Waals surface area contributed by atoms with E-state index in [1.54, 1.807) is 18.2 Å². The van der Waals surface area contributed by atoms with Gasteiger partial charge in [0.2, 0.25) is 17.6 Å². The van der Waals surface area contributed by atoms with E-state index in [2.05, 4.69) is 10.6 Å². The highest BCUT2D eigenvalue weighted by molar-refractivity contribution is 8.01. The number of rotatable bonds is 3. The smallest absolute Gasteiger partial charge is 0.246 e. The van der Waals surface area contributed by atoms with Gasteiger partial charge in [0.05, 0.1) is 10.9 Å². The molecule has 1 unspecified atom stereocenters. The summed E-state index contributed by atoms with van der Waals surface area (Å²) in [6.45, 7) is 3.64. The van der Waals surface area contributed by atoms with Crippen LogP contribution in [0, 0.1) is 0 Å². The number of carbonyl (C=O) groups is 2. The lowest BCUT2D eigenvalue weighted by atomic mass is 10.2. The molecule has 0 bridgehead atoms. The fourth-order valence-electron chi connectivity index (χ4n) is 2.91. The second-order valence-electron chi connectivity index (χ2n) is 6.61. The van der Waals surface area contributed by atoms with Crippen molar-refractivity contribution in [3.8, 4) is 11.5 Å². The molecule has 6 nitrogen and oxygen atoms in total. The van der Waals surface area contributed by atoms with Crippen molar-refractivity contribution < 1.29 is 19.1 Å². The second kappa shape index (κ2) is 6.25. The van der Waals surface area contributed by atoms with Crippen LogP contribution >= 0.6 is 11.8 Å². The van der Waals surface area contributed by atoms with Crippen LogP contribution in [0.15, 0.2) is 47.4 Å². The molecule has 4 rings (SSSR count). The molecule has 0 fully saturated rings. The molecule has 2 aromatic rings. The Morgan fingerprint density at radius 2 is 1.96 bits per heavy atom. The average Bonchev–Trinajstić information content (AvgIpc) is 2.88. The molecule has 2 aliphatic heterocycles. The van der Waals surface area contributed by atoms with Gasteiger partial charge in [-0.15, -0.1) is 11.8 Å². The highest BCUT2D eigenvalue weighted by Gasteiger charge is 2.32. The number of thioether (sulfide) groups is 1. The molecule has 134 valence electrons. The zero-order chi connectivity index (χ0) is 18.3. The Bertz CT molecular complexity index is 897. The van der Waals surface area contributed by atoms with Gasteiger partial charge in [-0.05, 0) is 24.3 Å². The summed E-state index contributed by atoms with van der Waals surface area (Å²) in [6, 6.07) is 12.8. The van der Waals surface area contributed by atoms with E-state index in [9.17, 15) is 9.59 Å². The Morgan fingerprint density at radius 1 is 1.19 bits per heavy atom. The van der Waals surface area contributed by atoms with Gasteiger partial charge in [-0.25, -0.2) is 0 Å². The van der Waals surface area contributed by atoms with E-state index in [0.29, 0.717) is 17.2 Å². The zero-order valence-electron chi connectivity index (χ0n) is 14.4. The maximum Gasteiger partial charge on any atom is 0.246 e. The number of hydrogen-bond donors (Lipinski definition) is 2. The van der Waals surface area contributed by atoms with Gasteiger partial charge in [0, 0.05) is 36.9 Å². The monoisotopic (exact) mass is 370 g/mol. The standard InChI is InChI=1S/C19H18N2O4S/c1-19(2)24-13-8-7-11(9-14(13)25-19)20-17(22)10-16-18(23)21-12-5-3-4-6-15(12)26-16/h3-9,16H,10H2,1-2H3,(H,20,22)(H,21,23). The van der Waals surface area contributed by atoms with Gasteiger partial charge in [0.15, 0.2) is 11.5 Å². The lowest BCUT2D eigenvalue weighted by Crippen LogP contribution is -2.32. The SMILES string of the molecule is CC1(C)Oc2ccc(NC(=O)CC3Sc4ccccc4NC3=O)cc2O1. The molecule has 2 aliphatic rings. The summed E-state index contributed by atoms with van der Waals surface area (Å²) < 4.78 is 11.3. The fraction of sp³-hybridized carbons (Fsp3) is 0.263. The predicted molar refractivity (Wildman–Crippen MR) is 99.7 cm³/mol. The van der Waals surface area contributed by atoms with Crippen molar-refractivity contribution >= 4 is 35.0 Å².